The molecular weight excluding hydrogens is 446 g/mol. The fourth-order valence-electron chi connectivity index (χ4n) is 2.79. The lowest BCUT2D eigenvalue weighted by Gasteiger charge is -2.18. The quantitative estimate of drug-likeness (QED) is 0.471. The zero-order valence-corrected chi connectivity index (χ0v) is 17.9. The second kappa shape index (κ2) is 11.2. The van der Waals surface area contributed by atoms with Crippen LogP contribution in [0.4, 0.5) is 4.79 Å². The topological polar surface area (TPSA) is 64.6 Å². The molecule has 3 rings (SSSR count). The first-order valence-electron chi connectivity index (χ1n) is 9.52. The SMILES string of the molecule is O=C(N[C@@H](Cc1ccc(Br)cc1)C(=O)OCc1ccccc1)OCc1ccccc1. The van der Waals surface area contributed by atoms with Crippen LogP contribution in [0.5, 0.6) is 0 Å². The van der Waals surface area contributed by atoms with Gasteiger partial charge in [0.15, 0.2) is 0 Å². The Morgan fingerprint density at radius 3 is 1.83 bits per heavy atom. The van der Waals surface area contributed by atoms with E-state index in [9.17, 15) is 9.59 Å². The molecule has 1 amide bonds. The minimum Gasteiger partial charge on any atom is -0.459 e. The lowest BCUT2D eigenvalue weighted by atomic mass is 10.1. The first-order valence-corrected chi connectivity index (χ1v) is 10.3. The molecular formula is C24H22BrNO4. The Labute approximate surface area is 184 Å². The molecule has 0 heterocycles. The lowest BCUT2D eigenvalue weighted by molar-refractivity contribution is -0.147. The second-order valence-corrected chi connectivity index (χ2v) is 7.60. The number of halogens is 1. The fraction of sp³-hybridized carbons (Fsp3) is 0.167. The molecule has 3 aromatic rings. The van der Waals surface area contributed by atoms with E-state index in [0.717, 1.165) is 21.2 Å². The van der Waals surface area contributed by atoms with Crippen molar-refractivity contribution in [3.8, 4) is 0 Å². The molecule has 0 bridgehead atoms. The third-order valence-electron chi connectivity index (χ3n) is 4.37. The van der Waals surface area contributed by atoms with Crippen LogP contribution in [-0.2, 0) is 33.9 Å². The molecule has 30 heavy (non-hydrogen) atoms. The second-order valence-electron chi connectivity index (χ2n) is 6.68. The van der Waals surface area contributed by atoms with Gasteiger partial charge < -0.3 is 14.8 Å². The van der Waals surface area contributed by atoms with Crippen molar-refractivity contribution in [1.82, 2.24) is 5.32 Å². The largest absolute Gasteiger partial charge is 0.459 e. The summed E-state index contributed by atoms with van der Waals surface area (Å²) in [6, 6.07) is 25.4. The number of alkyl carbamates (subject to hydrolysis) is 1. The molecule has 1 N–H and O–H groups in total. The number of hydrogen-bond donors (Lipinski definition) is 1. The van der Waals surface area contributed by atoms with Gasteiger partial charge in [-0.3, -0.25) is 0 Å². The van der Waals surface area contributed by atoms with E-state index in [-0.39, 0.29) is 13.2 Å². The Morgan fingerprint density at radius 2 is 1.27 bits per heavy atom. The molecule has 0 saturated carbocycles. The van der Waals surface area contributed by atoms with Crippen molar-refractivity contribution < 1.29 is 19.1 Å². The summed E-state index contributed by atoms with van der Waals surface area (Å²) in [7, 11) is 0. The molecule has 0 unspecified atom stereocenters. The number of hydrogen-bond acceptors (Lipinski definition) is 4. The summed E-state index contributed by atoms with van der Waals surface area (Å²) in [4.78, 5) is 25.0. The van der Waals surface area contributed by atoms with Crippen LogP contribution in [0.2, 0.25) is 0 Å². The lowest BCUT2D eigenvalue weighted by Crippen LogP contribution is -2.43. The van der Waals surface area contributed by atoms with Crippen LogP contribution in [-0.4, -0.2) is 18.1 Å². The predicted octanol–water partition coefficient (Wildman–Crippen LogP) is 5.03. The summed E-state index contributed by atoms with van der Waals surface area (Å²) in [6.45, 7) is 0.258. The van der Waals surface area contributed by atoms with Gasteiger partial charge in [0.1, 0.15) is 19.3 Å². The van der Waals surface area contributed by atoms with Crippen molar-refractivity contribution in [2.75, 3.05) is 0 Å². The summed E-state index contributed by atoms with van der Waals surface area (Å²) >= 11 is 3.39. The number of rotatable bonds is 8. The van der Waals surface area contributed by atoms with Crippen LogP contribution < -0.4 is 5.32 Å². The molecule has 3 aromatic carbocycles. The van der Waals surface area contributed by atoms with E-state index in [1.54, 1.807) is 0 Å². The van der Waals surface area contributed by atoms with Crippen molar-refractivity contribution in [3.63, 3.8) is 0 Å². The van der Waals surface area contributed by atoms with Crippen LogP contribution in [0.3, 0.4) is 0 Å². The smallest absolute Gasteiger partial charge is 0.408 e. The average Bonchev–Trinajstić information content (AvgIpc) is 2.78. The number of nitrogens with one attached hydrogen (secondary N) is 1. The van der Waals surface area contributed by atoms with Gasteiger partial charge in [-0.05, 0) is 28.8 Å². The number of carbonyl (C=O) groups is 2. The maximum absolute atomic E-state index is 12.7. The highest BCUT2D eigenvalue weighted by Gasteiger charge is 2.23. The van der Waals surface area contributed by atoms with Crippen molar-refractivity contribution in [2.45, 2.75) is 25.7 Å². The van der Waals surface area contributed by atoms with Gasteiger partial charge in [0, 0.05) is 10.9 Å². The Kier molecular flexibility index (Phi) is 8.03. The third kappa shape index (κ3) is 7.04. The normalized spacial score (nSPS) is 11.4. The number of carbonyl (C=O) groups excluding carboxylic acids is 2. The fourth-order valence-corrected chi connectivity index (χ4v) is 3.05. The number of esters is 1. The Hall–Kier alpha value is -3.12. The predicted molar refractivity (Wildman–Crippen MR) is 118 cm³/mol. The Balaban J connectivity index is 1.62. The van der Waals surface area contributed by atoms with E-state index in [0.29, 0.717) is 6.42 Å². The molecule has 5 nitrogen and oxygen atoms in total. The zero-order valence-electron chi connectivity index (χ0n) is 16.3. The van der Waals surface area contributed by atoms with Gasteiger partial charge in [-0.15, -0.1) is 0 Å². The van der Waals surface area contributed by atoms with Crippen LogP contribution in [0.15, 0.2) is 89.4 Å². The summed E-state index contributed by atoms with van der Waals surface area (Å²) in [5.41, 5.74) is 2.63. The number of ether oxygens (including phenoxy) is 2. The van der Waals surface area contributed by atoms with Gasteiger partial charge in [-0.1, -0.05) is 88.7 Å². The van der Waals surface area contributed by atoms with E-state index < -0.39 is 18.1 Å². The van der Waals surface area contributed by atoms with Crippen LogP contribution in [0.25, 0.3) is 0 Å². The highest BCUT2D eigenvalue weighted by atomic mass is 79.9. The zero-order chi connectivity index (χ0) is 21.2. The van der Waals surface area contributed by atoms with E-state index in [2.05, 4.69) is 21.2 Å². The molecule has 0 radical (unpaired) electrons. The van der Waals surface area contributed by atoms with E-state index in [1.807, 2.05) is 84.9 Å². The number of benzene rings is 3. The van der Waals surface area contributed by atoms with Crippen LogP contribution >= 0.6 is 15.9 Å². The Morgan fingerprint density at radius 1 is 0.733 bits per heavy atom. The highest BCUT2D eigenvalue weighted by molar-refractivity contribution is 9.10. The van der Waals surface area contributed by atoms with Gasteiger partial charge in [0.2, 0.25) is 0 Å². The van der Waals surface area contributed by atoms with Gasteiger partial charge >= 0.3 is 12.1 Å². The first kappa shape index (κ1) is 21.6. The molecule has 1 atom stereocenters. The molecule has 154 valence electrons. The molecule has 0 aliphatic carbocycles. The molecule has 0 fully saturated rings. The van der Waals surface area contributed by atoms with Gasteiger partial charge in [-0.2, -0.15) is 0 Å². The van der Waals surface area contributed by atoms with Crippen molar-refractivity contribution in [1.29, 1.82) is 0 Å². The van der Waals surface area contributed by atoms with Gasteiger partial charge in [0.25, 0.3) is 0 Å². The van der Waals surface area contributed by atoms with Gasteiger partial charge in [-0.25, -0.2) is 9.59 Å². The standard InChI is InChI=1S/C24H22BrNO4/c25-21-13-11-18(12-14-21)15-22(23(27)29-16-19-7-3-1-4-8-19)26-24(28)30-17-20-9-5-2-6-10-20/h1-14,22H,15-17H2,(H,26,28)/t22-/m0/s1. The Bertz CT molecular complexity index is 946. The molecule has 6 heteroatoms. The third-order valence-corrected chi connectivity index (χ3v) is 4.90. The summed E-state index contributed by atoms with van der Waals surface area (Å²) in [5.74, 6) is -0.515. The average molecular weight is 468 g/mol. The van der Waals surface area contributed by atoms with Gasteiger partial charge in [0.05, 0.1) is 0 Å². The number of amides is 1. The minimum absolute atomic E-state index is 0.122. The van der Waals surface area contributed by atoms with Crippen molar-refractivity contribution >= 4 is 28.0 Å². The summed E-state index contributed by atoms with van der Waals surface area (Å²) in [5, 5.41) is 2.64. The summed E-state index contributed by atoms with van der Waals surface area (Å²) in [6.07, 6.45) is -0.376. The molecule has 0 aliphatic rings. The summed E-state index contributed by atoms with van der Waals surface area (Å²) < 4.78 is 11.6. The monoisotopic (exact) mass is 467 g/mol. The maximum Gasteiger partial charge on any atom is 0.408 e. The first-order chi connectivity index (χ1) is 14.6. The van der Waals surface area contributed by atoms with Crippen LogP contribution in [0, 0.1) is 0 Å². The van der Waals surface area contributed by atoms with E-state index in [4.69, 9.17) is 9.47 Å². The maximum atomic E-state index is 12.7. The van der Waals surface area contributed by atoms with Crippen molar-refractivity contribution in [3.05, 3.63) is 106 Å². The molecule has 0 aromatic heterocycles. The molecule has 0 spiro atoms. The molecule has 0 aliphatic heterocycles. The van der Waals surface area contributed by atoms with Crippen LogP contribution in [0.1, 0.15) is 16.7 Å². The molecule has 0 saturated heterocycles. The van der Waals surface area contributed by atoms with Crippen molar-refractivity contribution in [2.24, 2.45) is 0 Å². The minimum atomic E-state index is -0.863. The van der Waals surface area contributed by atoms with E-state index >= 15 is 0 Å². The van der Waals surface area contributed by atoms with E-state index in [1.165, 1.54) is 0 Å². The highest BCUT2D eigenvalue weighted by Crippen LogP contribution is 2.13.